The molecule has 0 amide bonds. The van der Waals surface area contributed by atoms with E-state index < -0.39 is 29.4 Å². The van der Waals surface area contributed by atoms with E-state index in [2.05, 4.69) is 9.97 Å². The van der Waals surface area contributed by atoms with Crippen molar-refractivity contribution in [1.29, 1.82) is 0 Å². The number of rotatable bonds is 1. The average molecular weight is 334 g/mol. The summed E-state index contributed by atoms with van der Waals surface area (Å²) in [6.45, 7) is 0. The van der Waals surface area contributed by atoms with Crippen LogP contribution in [0.1, 0.15) is 11.3 Å². The summed E-state index contributed by atoms with van der Waals surface area (Å²) in [5, 5.41) is -0.0563. The molecule has 0 aliphatic heterocycles. The van der Waals surface area contributed by atoms with Crippen molar-refractivity contribution in [1.82, 2.24) is 9.97 Å². The highest BCUT2D eigenvalue weighted by atomic mass is 19.4. The van der Waals surface area contributed by atoms with Crippen LogP contribution in [0.25, 0.3) is 21.9 Å². The lowest BCUT2D eigenvalue weighted by Crippen LogP contribution is -2.08. The summed E-state index contributed by atoms with van der Waals surface area (Å²) < 4.78 is 82.1. The highest BCUT2D eigenvalue weighted by Gasteiger charge is 2.36. The van der Waals surface area contributed by atoms with E-state index in [1.807, 2.05) is 0 Å². The van der Waals surface area contributed by atoms with Crippen molar-refractivity contribution >= 4 is 21.9 Å². The Morgan fingerprint density at radius 3 is 2.22 bits per heavy atom. The maximum absolute atomic E-state index is 13.0. The molecule has 122 valence electrons. The molecule has 3 nitrogen and oxygen atoms in total. The Morgan fingerprint density at radius 1 is 0.957 bits per heavy atom. The van der Waals surface area contributed by atoms with Crippen molar-refractivity contribution < 1.29 is 31.1 Å². The maximum atomic E-state index is 13.0. The minimum Gasteiger partial charge on any atom is -0.496 e. The summed E-state index contributed by atoms with van der Waals surface area (Å²) in [6.07, 6.45) is -9.39. The van der Waals surface area contributed by atoms with Gasteiger partial charge in [-0.05, 0) is 18.2 Å². The fraction of sp³-hybridized carbons (Fsp3) is 0.214. The van der Waals surface area contributed by atoms with Crippen LogP contribution in [0.4, 0.5) is 26.3 Å². The van der Waals surface area contributed by atoms with Gasteiger partial charge in [-0.2, -0.15) is 26.3 Å². The molecule has 3 rings (SSSR count). The summed E-state index contributed by atoms with van der Waals surface area (Å²) >= 11 is 0. The first-order chi connectivity index (χ1) is 10.6. The van der Waals surface area contributed by atoms with Crippen LogP contribution in [-0.2, 0) is 12.4 Å². The van der Waals surface area contributed by atoms with Crippen LogP contribution in [0.5, 0.6) is 5.75 Å². The van der Waals surface area contributed by atoms with Crippen molar-refractivity contribution in [2.75, 3.05) is 7.11 Å². The normalized spacial score (nSPS) is 13.0. The summed E-state index contributed by atoms with van der Waals surface area (Å²) in [4.78, 5) is 6.18. The molecule has 0 fully saturated rings. The van der Waals surface area contributed by atoms with E-state index in [4.69, 9.17) is 4.74 Å². The summed E-state index contributed by atoms with van der Waals surface area (Å²) in [6, 6.07) is 3.72. The number of nitrogens with zero attached hydrogens (tertiary/aromatic N) is 1. The molecule has 0 atom stereocenters. The molecule has 9 heteroatoms. The van der Waals surface area contributed by atoms with Crippen LogP contribution in [0.15, 0.2) is 24.3 Å². The number of pyridine rings is 1. The molecule has 0 saturated heterocycles. The lowest BCUT2D eigenvalue weighted by atomic mass is 10.1. The molecule has 0 aliphatic rings. The molecule has 3 aromatic rings. The van der Waals surface area contributed by atoms with Gasteiger partial charge in [0, 0.05) is 11.5 Å². The summed E-state index contributed by atoms with van der Waals surface area (Å²) in [5.74, 6) is -0.424. The first kappa shape index (κ1) is 15.4. The smallest absolute Gasteiger partial charge is 0.433 e. The topological polar surface area (TPSA) is 37.9 Å². The molecular weight excluding hydrogens is 326 g/mol. The number of methoxy groups -OCH3 is 1. The predicted molar refractivity (Wildman–Crippen MR) is 70.2 cm³/mol. The molecule has 2 heterocycles. The van der Waals surface area contributed by atoms with Crippen molar-refractivity contribution in [2.45, 2.75) is 12.4 Å². The second-order valence-corrected chi connectivity index (χ2v) is 4.81. The molecule has 1 N–H and O–H groups in total. The third kappa shape index (κ3) is 2.55. The molecule has 2 aromatic heterocycles. The minimum atomic E-state index is -4.70. The lowest BCUT2D eigenvalue weighted by Gasteiger charge is -2.11. The highest BCUT2D eigenvalue weighted by Crippen LogP contribution is 2.40. The zero-order valence-electron chi connectivity index (χ0n) is 11.4. The zero-order valence-corrected chi connectivity index (χ0v) is 11.4. The Balaban J connectivity index is 2.36. The van der Waals surface area contributed by atoms with Gasteiger partial charge in [-0.1, -0.05) is 0 Å². The number of ether oxygens (including phenoxy) is 1. The molecule has 0 saturated carbocycles. The van der Waals surface area contributed by atoms with E-state index in [9.17, 15) is 26.3 Å². The van der Waals surface area contributed by atoms with Gasteiger partial charge in [0.1, 0.15) is 11.4 Å². The van der Waals surface area contributed by atoms with Gasteiger partial charge >= 0.3 is 12.4 Å². The molecular formula is C14H8F6N2O. The van der Waals surface area contributed by atoms with Gasteiger partial charge in [0.15, 0.2) is 0 Å². The van der Waals surface area contributed by atoms with Crippen molar-refractivity contribution in [3.63, 3.8) is 0 Å². The highest BCUT2D eigenvalue weighted by molar-refractivity contribution is 6.05. The van der Waals surface area contributed by atoms with Crippen LogP contribution in [0, 0.1) is 0 Å². The van der Waals surface area contributed by atoms with Gasteiger partial charge in [0.25, 0.3) is 0 Å². The number of H-pyrrole nitrogens is 1. The van der Waals surface area contributed by atoms with Gasteiger partial charge in [-0.25, -0.2) is 4.98 Å². The number of halogens is 6. The molecule has 0 unspecified atom stereocenters. The van der Waals surface area contributed by atoms with Crippen LogP contribution in [-0.4, -0.2) is 17.1 Å². The van der Waals surface area contributed by atoms with Gasteiger partial charge in [0.05, 0.1) is 29.2 Å². The van der Waals surface area contributed by atoms with Crippen LogP contribution < -0.4 is 4.74 Å². The standard InChI is InChI=1S/C14H8F6N2O/c1-23-10-5-9-6(4-7(10)13(15,16)17)12-8(21-9)2-3-11(22-12)14(18,19)20/h2-5,21H,1H3. The van der Waals surface area contributed by atoms with Crippen LogP contribution in [0.3, 0.4) is 0 Å². The largest absolute Gasteiger partial charge is 0.496 e. The van der Waals surface area contributed by atoms with Crippen molar-refractivity contribution in [2.24, 2.45) is 0 Å². The lowest BCUT2D eigenvalue weighted by molar-refractivity contribution is -0.141. The first-order valence-corrected chi connectivity index (χ1v) is 6.26. The minimum absolute atomic E-state index is 0.0563. The number of hydrogen-bond donors (Lipinski definition) is 1. The molecule has 1 aromatic carbocycles. The van der Waals surface area contributed by atoms with E-state index in [-0.39, 0.29) is 21.9 Å². The quantitative estimate of drug-likeness (QED) is 0.652. The first-order valence-electron chi connectivity index (χ1n) is 6.26. The fourth-order valence-electron chi connectivity index (χ4n) is 2.34. The molecule has 23 heavy (non-hydrogen) atoms. The van der Waals surface area contributed by atoms with Gasteiger partial charge in [-0.15, -0.1) is 0 Å². The van der Waals surface area contributed by atoms with E-state index in [0.717, 1.165) is 31.4 Å². The van der Waals surface area contributed by atoms with Gasteiger partial charge in [0.2, 0.25) is 0 Å². The third-order valence-corrected chi connectivity index (χ3v) is 3.36. The van der Waals surface area contributed by atoms with E-state index in [1.54, 1.807) is 0 Å². The number of aromatic amines is 1. The predicted octanol–water partition coefficient (Wildman–Crippen LogP) is 4.76. The van der Waals surface area contributed by atoms with E-state index in [1.165, 1.54) is 0 Å². The van der Waals surface area contributed by atoms with Crippen molar-refractivity contribution in [3.8, 4) is 5.75 Å². The van der Waals surface area contributed by atoms with Crippen molar-refractivity contribution in [3.05, 3.63) is 35.5 Å². The Kier molecular flexibility index (Phi) is 3.20. The number of aromatic nitrogens is 2. The Morgan fingerprint density at radius 2 is 1.65 bits per heavy atom. The summed E-state index contributed by atoms with van der Waals surface area (Å²) in [5.41, 5.74) is -2.02. The van der Waals surface area contributed by atoms with E-state index >= 15 is 0 Å². The second-order valence-electron chi connectivity index (χ2n) is 4.81. The van der Waals surface area contributed by atoms with E-state index in [0.29, 0.717) is 0 Å². The second kappa shape index (κ2) is 4.77. The summed E-state index contributed by atoms with van der Waals surface area (Å²) in [7, 11) is 1.08. The Labute approximate surface area is 124 Å². The monoisotopic (exact) mass is 334 g/mol. The Hall–Kier alpha value is -2.45. The van der Waals surface area contributed by atoms with Gasteiger partial charge < -0.3 is 9.72 Å². The molecule has 0 radical (unpaired) electrons. The fourth-order valence-corrected chi connectivity index (χ4v) is 2.34. The average Bonchev–Trinajstić information content (AvgIpc) is 2.80. The van der Waals surface area contributed by atoms with Gasteiger partial charge in [-0.3, -0.25) is 0 Å². The number of alkyl halides is 6. The molecule has 0 bridgehead atoms. The number of nitrogens with one attached hydrogen (secondary N) is 1. The Bertz CT molecular complexity index is 894. The number of hydrogen-bond acceptors (Lipinski definition) is 2. The number of fused-ring (bicyclic) bond motifs is 3. The molecule has 0 aliphatic carbocycles. The SMILES string of the molecule is COc1cc2[nH]c3ccc(C(F)(F)F)nc3c2cc1C(F)(F)F. The maximum Gasteiger partial charge on any atom is 0.433 e. The number of benzene rings is 1. The zero-order chi connectivity index (χ0) is 17.0. The third-order valence-electron chi connectivity index (χ3n) is 3.36. The van der Waals surface area contributed by atoms with Crippen LogP contribution >= 0.6 is 0 Å². The molecule has 0 spiro atoms. The van der Waals surface area contributed by atoms with Crippen LogP contribution in [0.2, 0.25) is 0 Å².